The van der Waals surface area contributed by atoms with Gasteiger partial charge in [0.1, 0.15) is 0 Å². The third-order valence-corrected chi connectivity index (χ3v) is 2.71. The summed E-state index contributed by atoms with van der Waals surface area (Å²) in [7, 11) is 0. The largest absolute Gasteiger partial charge is 0.309 e. The Kier molecular flexibility index (Phi) is 1.72. The fourth-order valence-corrected chi connectivity index (χ4v) is 1.86. The maximum atomic E-state index is 7.73. The number of hydrogen-bond donors (Lipinski definition) is 1. The van der Waals surface area contributed by atoms with E-state index in [4.69, 9.17) is 5.41 Å². The van der Waals surface area contributed by atoms with Gasteiger partial charge in [0.05, 0.1) is 0 Å². The molecular formula is C11H13N. The molecule has 62 valence electrons. The van der Waals surface area contributed by atoms with Crippen LogP contribution in [0.2, 0.25) is 0 Å². The van der Waals surface area contributed by atoms with Gasteiger partial charge in [0.15, 0.2) is 0 Å². The van der Waals surface area contributed by atoms with Gasteiger partial charge in [-0.15, -0.1) is 0 Å². The number of rotatable bonds is 0. The highest BCUT2D eigenvalue weighted by molar-refractivity contribution is 5.89. The second kappa shape index (κ2) is 2.74. The van der Waals surface area contributed by atoms with Gasteiger partial charge in [0.2, 0.25) is 0 Å². The van der Waals surface area contributed by atoms with Crippen LogP contribution in [-0.4, -0.2) is 5.71 Å². The second-order valence-electron chi connectivity index (χ2n) is 3.45. The minimum atomic E-state index is 0.343. The van der Waals surface area contributed by atoms with Crippen molar-refractivity contribution in [1.29, 1.82) is 5.41 Å². The third kappa shape index (κ3) is 1.06. The van der Waals surface area contributed by atoms with E-state index in [9.17, 15) is 0 Å². The van der Waals surface area contributed by atoms with Crippen LogP contribution in [0.3, 0.4) is 0 Å². The first-order valence-electron chi connectivity index (χ1n) is 4.44. The molecule has 1 atom stereocenters. The van der Waals surface area contributed by atoms with E-state index in [0.29, 0.717) is 5.92 Å². The molecule has 1 heteroatoms. The fourth-order valence-electron chi connectivity index (χ4n) is 1.86. The van der Waals surface area contributed by atoms with E-state index in [1.807, 2.05) is 0 Å². The van der Waals surface area contributed by atoms with E-state index in [1.54, 1.807) is 0 Å². The first-order valence-corrected chi connectivity index (χ1v) is 4.44. The Morgan fingerprint density at radius 2 is 2.00 bits per heavy atom. The molecule has 0 aromatic heterocycles. The van der Waals surface area contributed by atoms with Gasteiger partial charge in [-0.05, 0) is 24.0 Å². The smallest absolute Gasteiger partial charge is 0.0191 e. The summed E-state index contributed by atoms with van der Waals surface area (Å²) in [4.78, 5) is 0. The molecule has 1 aromatic carbocycles. The van der Waals surface area contributed by atoms with E-state index in [-0.39, 0.29) is 0 Å². The van der Waals surface area contributed by atoms with Crippen LogP contribution in [0.15, 0.2) is 24.3 Å². The molecule has 0 aliphatic heterocycles. The molecule has 0 bridgehead atoms. The summed E-state index contributed by atoms with van der Waals surface area (Å²) in [6, 6.07) is 8.47. The second-order valence-corrected chi connectivity index (χ2v) is 3.45. The van der Waals surface area contributed by atoms with Gasteiger partial charge < -0.3 is 5.41 Å². The molecule has 1 aliphatic carbocycles. The van der Waals surface area contributed by atoms with Crippen molar-refractivity contribution in [3.05, 3.63) is 35.4 Å². The molecule has 1 aliphatic rings. The molecule has 0 fully saturated rings. The molecule has 12 heavy (non-hydrogen) atoms. The first kappa shape index (κ1) is 7.53. The maximum Gasteiger partial charge on any atom is 0.0191 e. The molecule has 0 heterocycles. The van der Waals surface area contributed by atoms with Crippen LogP contribution in [0.4, 0.5) is 0 Å². The van der Waals surface area contributed by atoms with Gasteiger partial charge in [-0.2, -0.15) is 0 Å². The average molecular weight is 159 g/mol. The van der Waals surface area contributed by atoms with Crippen molar-refractivity contribution < 1.29 is 0 Å². The van der Waals surface area contributed by atoms with Gasteiger partial charge in [-0.25, -0.2) is 0 Å². The van der Waals surface area contributed by atoms with E-state index in [1.165, 1.54) is 11.1 Å². The van der Waals surface area contributed by atoms with Gasteiger partial charge in [-0.1, -0.05) is 31.2 Å². The lowest BCUT2D eigenvalue weighted by atomic mass is 9.83. The summed E-state index contributed by atoms with van der Waals surface area (Å²) in [5.41, 5.74) is 3.67. The monoisotopic (exact) mass is 159 g/mol. The SMILES string of the molecule is CC1C(=N)CCc2ccccc21. The molecule has 0 saturated carbocycles. The van der Waals surface area contributed by atoms with E-state index in [0.717, 1.165) is 18.6 Å². The lowest BCUT2D eigenvalue weighted by Gasteiger charge is -2.22. The lowest BCUT2D eigenvalue weighted by molar-refractivity contribution is 0.847. The Labute approximate surface area is 72.9 Å². The highest BCUT2D eigenvalue weighted by atomic mass is 14.5. The number of hydrogen-bond acceptors (Lipinski definition) is 1. The molecule has 0 spiro atoms. The average Bonchev–Trinajstić information content (AvgIpc) is 2.12. The molecule has 0 amide bonds. The zero-order chi connectivity index (χ0) is 8.55. The van der Waals surface area contributed by atoms with Crippen molar-refractivity contribution in [2.24, 2.45) is 0 Å². The Morgan fingerprint density at radius 3 is 2.83 bits per heavy atom. The van der Waals surface area contributed by atoms with Gasteiger partial charge in [-0.3, -0.25) is 0 Å². The summed E-state index contributed by atoms with van der Waals surface area (Å²) in [6.45, 7) is 2.13. The predicted molar refractivity (Wildman–Crippen MR) is 50.9 cm³/mol. The Hall–Kier alpha value is -1.11. The van der Waals surface area contributed by atoms with Crippen LogP contribution in [-0.2, 0) is 6.42 Å². The number of nitrogens with one attached hydrogen (secondary N) is 1. The number of aryl methyl sites for hydroxylation is 1. The first-order chi connectivity index (χ1) is 5.79. The predicted octanol–water partition coefficient (Wildman–Crippen LogP) is 2.76. The Bertz CT molecular complexity index is 315. The van der Waals surface area contributed by atoms with Gasteiger partial charge in [0, 0.05) is 11.6 Å². The van der Waals surface area contributed by atoms with Crippen molar-refractivity contribution in [3.63, 3.8) is 0 Å². The van der Waals surface area contributed by atoms with E-state index >= 15 is 0 Å². The fraction of sp³-hybridized carbons (Fsp3) is 0.364. The Morgan fingerprint density at radius 1 is 1.25 bits per heavy atom. The van der Waals surface area contributed by atoms with Crippen LogP contribution in [0.1, 0.15) is 30.4 Å². The van der Waals surface area contributed by atoms with Crippen LogP contribution >= 0.6 is 0 Å². The van der Waals surface area contributed by atoms with Crippen LogP contribution in [0.5, 0.6) is 0 Å². The van der Waals surface area contributed by atoms with Crippen LogP contribution < -0.4 is 0 Å². The molecule has 1 aromatic rings. The number of fused-ring (bicyclic) bond motifs is 1. The van der Waals surface area contributed by atoms with E-state index in [2.05, 4.69) is 31.2 Å². The summed E-state index contributed by atoms with van der Waals surface area (Å²) in [5.74, 6) is 0.343. The highest BCUT2D eigenvalue weighted by Gasteiger charge is 2.19. The summed E-state index contributed by atoms with van der Waals surface area (Å²) >= 11 is 0. The minimum Gasteiger partial charge on any atom is -0.309 e. The van der Waals surface area contributed by atoms with Crippen molar-refractivity contribution in [2.45, 2.75) is 25.7 Å². The molecule has 1 nitrogen and oxygen atoms in total. The van der Waals surface area contributed by atoms with Gasteiger partial charge in [0.25, 0.3) is 0 Å². The molecule has 0 saturated heterocycles. The third-order valence-electron chi connectivity index (χ3n) is 2.71. The highest BCUT2D eigenvalue weighted by Crippen LogP contribution is 2.28. The van der Waals surface area contributed by atoms with Crippen molar-refractivity contribution in [3.8, 4) is 0 Å². The van der Waals surface area contributed by atoms with Crippen molar-refractivity contribution >= 4 is 5.71 Å². The zero-order valence-corrected chi connectivity index (χ0v) is 7.30. The van der Waals surface area contributed by atoms with Crippen LogP contribution in [0, 0.1) is 5.41 Å². The molecular weight excluding hydrogens is 146 g/mol. The normalized spacial score (nSPS) is 22.1. The summed E-state index contributed by atoms with van der Waals surface area (Å²) in [6.07, 6.45) is 2.00. The van der Waals surface area contributed by atoms with Gasteiger partial charge >= 0.3 is 0 Å². The summed E-state index contributed by atoms with van der Waals surface area (Å²) in [5, 5.41) is 7.73. The molecule has 1 unspecified atom stereocenters. The lowest BCUT2D eigenvalue weighted by Crippen LogP contribution is -2.16. The van der Waals surface area contributed by atoms with E-state index < -0.39 is 0 Å². The Balaban J connectivity index is 2.48. The molecule has 0 radical (unpaired) electrons. The van der Waals surface area contributed by atoms with Crippen molar-refractivity contribution in [2.75, 3.05) is 0 Å². The van der Waals surface area contributed by atoms with Crippen molar-refractivity contribution in [1.82, 2.24) is 0 Å². The molecule has 1 N–H and O–H groups in total. The zero-order valence-electron chi connectivity index (χ0n) is 7.30. The number of benzene rings is 1. The topological polar surface area (TPSA) is 23.9 Å². The maximum absolute atomic E-state index is 7.73. The minimum absolute atomic E-state index is 0.343. The van der Waals surface area contributed by atoms with Crippen LogP contribution in [0.25, 0.3) is 0 Å². The molecule has 2 rings (SSSR count). The quantitative estimate of drug-likeness (QED) is 0.602. The standard InChI is InChI=1S/C11H13N/c1-8-10-5-3-2-4-9(10)6-7-11(8)12/h2-5,8,12H,6-7H2,1H3. The summed E-state index contributed by atoms with van der Waals surface area (Å²) < 4.78 is 0.